The summed E-state index contributed by atoms with van der Waals surface area (Å²) >= 11 is 0. The van der Waals surface area contributed by atoms with Gasteiger partial charge in [0.15, 0.2) is 0 Å². The number of pyridine rings is 1. The second-order valence-electron chi connectivity index (χ2n) is 9.29. The third kappa shape index (κ3) is 2.94. The van der Waals surface area contributed by atoms with E-state index in [1.54, 1.807) is 19.5 Å². The molecule has 5 rings (SSSR count). The lowest BCUT2D eigenvalue weighted by Gasteiger charge is -2.54. The maximum Gasteiger partial charge on any atom is 0.235 e. The molecule has 0 bridgehead atoms. The summed E-state index contributed by atoms with van der Waals surface area (Å²) in [4.78, 5) is 32.3. The minimum absolute atomic E-state index is 0.00609. The van der Waals surface area contributed by atoms with Gasteiger partial charge >= 0.3 is 0 Å². The third-order valence-electron chi connectivity index (χ3n) is 7.82. The first-order valence-corrected chi connectivity index (χ1v) is 10.9. The van der Waals surface area contributed by atoms with E-state index < -0.39 is 5.41 Å². The highest BCUT2D eigenvalue weighted by molar-refractivity contribution is 6.01. The van der Waals surface area contributed by atoms with Crippen molar-refractivity contribution in [2.24, 2.45) is 17.3 Å². The van der Waals surface area contributed by atoms with E-state index in [-0.39, 0.29) is 17.7 Å². The highest BCUT2D eigenvalue weighted by atomic mass is 16.5. The summed E-state index contributed by atoms with van der Waals surface area (Å²) < 4.78 is 5.41. The Hall–Kier alpha value is -2.69. The summed E-state index contributed by atoms with van der Waals surface area (Å²) in [5, 5.41) is 0. The average Bonchev–Trinajstić information content (AvgIpc) is 2.78. The van der Waals surface area contributed by atoms with E-state index in [1.165, 1.54) is 16.0 Å². The first-order valence-electron chi connectivity index (χ1n) is 10.9. The molecule has 1 aliphatic heterocycles. The van der Waals surface area contributed by atoms with E-state index in [1.807, 2.05) is 18.2 Å². The highest BCUT2D eigenvalue weighted by Gasteiger charge is 2.57. The first kappa shape index (κ1) is 19.3. The van der Waals surface area contributed by atoms with Crippen LogP contribution in [0.25, 0.3) is 0 Å². The van der Waals surface area contributed by atoms with Crippen molar-refractivity contribution >= 4 is 11.8 Å². The quantitative estimate of drug-likeness (QED) is 0.723. The maximum atomic E-state index is 13.6. The van der Waals surface area contributed by atoms with E-state index in [0.29, 0.717) is 24.8 Å². The van der Waals surface area contributed by atoms with Crippen LogP contribution in [0.15, 0.2) is 42.7 Å². The summed E-state index contributed by atoms with van der Waals surface area (Å²) in [6.45, 7) is 2.42. The molecule has 30 heavy (non-hydrogen) atoms. The van der Waals surface area contributed by atoms with Crippen molar-refractivity contribution in [3.8, 4) is 5.75 Å². The summed E-state index contributed by atoms with van der Waals surface area (Å²) in [5.74, 6) is 1.82. The third-order valence-corrected chi connectivity index (χ3v) is 7.82. The Labute approximate surface area is 177 Å². The number of aromatic nitrogens is 1. The molecule has 0 N–H and O–H groups in total. The van der Waals surface area contributed by atoms with E-state index in [2.05, 4.69) is 24.0 Å². The zero-order valence-electron chi connectivity index (χ0n) is 17.6. The van der Waals surface area contributed by atoms with Crippen molar-refractivity contribution in [3.63, 3.8) is 0 Å². The summed E-state index contributed by atoms with van der Waals surface area (Å²) in [5.41, 5.74) is 3.20. The number of hydrogen-bond acceptors (Lipinski definition) is 4. The molecule has 4 atom stereocenters. The van der Waals surface area contributed by atoms with Crippen molar-refractivity contribution in [1.29, 1.82) is 0 Å². The molecule has 1 saturated carbocycles. The first-order chi connectivity index (χ1) is 14.5. The summed E-state index contributed by atoms with van der Waals surface area (Å²) in [6.07, 6.45) is 7.76. The van der Waals surface area contributed by atoms with Crippen LogP contribution in [-0.2, 0) is 22.6 Å². The van der Waals surface area contributed by atoms with E-state index in [4.69, 9.17) is 4.74 Å². The number of ether oxygens (including phenoxy) is 1. The normalized spacial score (nSPS) is 30.3. The monoisotopic (exact) mass is 404 g/mol. The average molecular weight is 405 g/mol. The number of carbonyl (C=O) groups is 2. The largest absolute Gasteiger partial charge is 0.497 e. The molecular weight excluding hydrogens is 376 g/mol. The lowest BCUT2D eigenvalue weighted by atomic mass is 9.52. The second-order valence-corrected chi connectivity index (χ2v) is 9.29. The fraction of sp³-hybridized carbons (Fsp3) is 0.480. The van der Waals surface area contributed by atoms with Gasteiger partial charge in [0, 0.05) is 18.8 Å². The minimum Gasteiger partial charge on any atom is -0.497 e. The molecule has 2 fully saturated rings. The molecule has 1 saturated heterocycles. The van der Waals surface area contributed by atoms with Crippen LogP contribution in [-0.4, -0.2) is 28.8 Å². The molecule has 2 amide bonds. The van der Waals surface area contributed by atoms with Crippen LogP contribution >= 0.6 is 0 Å². The Morgan fingerprint density at radius 3 is 2.87 bits per heavy atom. The molecule has 2 heterocycles. The zero-order valence-corrected chi connectivity index (χ0v) is 17.6. The number of fused-ring (bicyclic) bond motifs is 5. The highest BCUT2D eigenvalue weighted by Crippen LogP contribution is 2.58. The predicted octanol–water partition coefficient (Wildman–Crippen LogP) is 4.11. The molecule has 5 nitrogen and oxygen atoms in total. The molecule has 2 aliphatic carbocycles. The van der Waals surface area contributed by atoms with Crippen LogP contribution in [0, 0.1) is 17.3 Å². The number of carbonyl (C=O) groups excluding carboxylic acids is 2. The van der Waals surface area contributed by atoms with Crippen molar-refractivity contribution < 1.29 is 14.3 Å². The van der Waals surface area contributed by atoms with E-state index in [0.717, 1.165) is 37.0 Å². The van der Waals surface area contributed by atoms with Crippen molar-refractivity contribution in [1.82, 2.24) is 9.88 Å². The Bertz CT molecular complexity index is 989. The number of benzene rings is 1. The smallest absolute Gasteiger partial charge is 0.235 e. The number of likely N-dealkylation sites (tertiary alicyclic amines) is 1. The van der Waals surface area contributed by atoms with Gasteiger partial charge in [-0.15, -0.1) is 0 Å². The predicted molar refractivity (Wildman–Crippen MR) is 113 cm³/mol. The van der Waals surface area contributed by atoms with E-state index in [9.17, 15) is 9.59 Å². The van der Waals surface area contributed by atoms with Gasteiger partial charge in [-0.05, 0) is 78.3 Å². The fourth-order valence-corrected chi connectivity index (χ4v) is 6.20. The molecule has 156 valence electrons. The molecule has 1 aromatic heterocycles. The van der Waals surface area contributed by atoms with Gasteiger partial charge in [-0.1, -0.05) is 19.1 Å². The van der Waals surface area contributed by atoms with Crippen LogP contribution in [0.3, 0.4) is 0 Å². The van der Waals surface area contributed by atoms with Gasteiger partial charge in [-0.3, -0.25) is 19.5 Å². The molecular formula is C25H28N2O3. The Kier molecular flexibility index (Phi) is 4.64. The molecule has 3 aliphatic rings. The second kappa shape index (κ2) is 7.22. The van der Waals surface area contributed by atoms with Crippen LogP contribution in [0.2, 0.25) is 0 Å². The molecule has 1 aromatic carbocycles. The van der Waals surface area contributed by atoms with Crippen LogP contribution in [0.4, 0.5) is 0 Å². The number of methoxy groups -OCH3 is 1. The number of hydrogen-bond donors (Lipinski definition) is 0. The van der Waals surface area contributed by atoms with E-state index >= 15 is 0 Å². The number of aryl methyl sites for hydroxylation is 1. The molecule has 5 heteroatoms. The van der Waals surface area contributed by atoms with Crippen LogP contribution < -0.4 is 4.74 Å². The maximum absolute atomic E-state index is 13.6. The summed E-state index contributed by atoms with van der Waals surface area (Å²) in [7, 11) is 1.70. The van der Waals surface area contributed by atoms with Gasteiger partial charge in [-0.2, -0.15) is 0 Å². The minimum atomic E-state index is -0.457. The van der Waals surface area contributed by atoms with Gasteiger partial charge in [0.25, 0.3) is 0 Å². The SMILES string of the molecule is COc1ccc2c(c1)CCC1C2CCC2(C)C(=O)N(Cc3cccnc3)C(=O)CC12. The summed E-state index contributed by atoms with van der Waals surface area (Å²) in [6, 6.07) is 10.2. The Morgan fingerprint density at radius 2 is 2.10 bits per heavy atom. The number of rotatable bonds is 3. The standard InChI is InChI=1S/C25H28N2O3/c1-25-10-9-20-19-8-6-18(30-2)12-17(19)5-7-21(20)22(25)13-23(28)27(24(25)29)15-16-4-3-11-26-14-16/h3-4,6,8,11-12,14,20-22H,5,7,9-10,13,15H2,1-2H3. The zero-order chi connectivity index (χ0) is 20.9. The molecule has 2 aromatic rings. The fourth-order valence-electron chi connectivity index (χ4n) is 6.20. The Morgan fingerprint density at radius 1 is 1.23 bits per heavy atom. The number of imide groups is 1. The molecule has 0 spiro atoms. The molecule has 4 unspecified atom stereocenters. The van der Waals surface area contributed by atoms with Crippen LogP contribution in [0.1, 0.15) is 55.2 Å². The number of amides is 2. The van der Waals surface area contributed by atoms with Crippen molar-refractivity contribution in [2.75, 3.05) is 7.11 Å². The van der Waals surface area contributed by atoms with Gasteiger partial charge in [-0.25, -0.2) is 0 Å². The lowest BCUT2D eigenvalue weighted by molar-refractivity contribution is -0.168. The topological polar surface area (TPSA) is 59.5 Å². The van der Waals surface area contributed by atoms with Gasteiger partial charge in [0.2, 0.25) is 11.8 Å². The van der Waals surface area contributed by atoms with Gasteiger partial charge in [0.1, 0.15) is 5.75 Å². The number of nitrogens with zero attached hydrogens (tertiary/aromatic N) is 2. The number of piperidine rings is 1. The van der Waals surface area contributed by atoms with Crippen LogP contribution in [0.5, 0.6) is 5.75 Å². The van der Waals surface area contributed by atoms with Gasteiger partial charge in [0.05, 0.1) is 19.1 Å². The van der Waals surface area contributed by atoms with Gasteiger partial charge < -0.3 is 4.74 Å². The molecule has 0 radical (unpaired) electrons. The van der Waals surface area contributed by atoms with Crippen molar-refractivity contribution in [3.05, 3.63) is 59.4 Å². The lowest BCUT2D eigenvalue weighted by Crippen LogP contribution is -2.58. The van der Waals surface area contributed by atoms with Crippen molar-refractivity contribution in [2.45, 2.75) is 51.5 Å². The Balaban J connectivity index is 1.43.